The fourth-order valence-corrected chi connectivity index (χ4v) is 2.74. The van der Waals surface area contributed by atoms with Crippen LogP contribution in [0.2, 0.25) is 0 Å². The lowest BCUT2D eigenvalue weighted by Gasteiger charge is -2.17. The molecular weight excluding hydrogens is 278 g/mol. The van der Waals surface area contributed by atoms with Crippen molar-refractivity contribution in [3.63, 3.8) is 0 Å². The second-order valence-electron chi connectivity index (χ2n) is 5.47. The van der Waals surface area contributed by atoms with Gasteiger partial charge in [-0.3, -0.25) is 4.99 Å². The van der Waals surface area contributed by atoms with Gasteiger partial charge in [0.05, 0.1) is 13.7 Å². The number of hydrogen-bond acceptors (Lipinski definition) is 3. The van der Waals surface area contributed by atoms with Gasteiger partial charge in [0.25, 0.3) is 0 Å². The van der Waals surface area contributed by atoms with Gasteiger partial charge in [0.15, 0.2) is 17.5 Å². The smallest absolute Gasteiger partial charge is 0.191 e. The summed E-state index contributed by atoms with van der Waals surface area (Å²) in [5, 5.41) is 6.84. The van der Waals surface area contributed by atoms with Gasteiger partial charge in [0.1, 0.15) is 0 Å². The summed E-state index contributed by atoms with van der Waals surface area (Å²) >= 11 is 0. The lowest BCUT2D eigenvalue weighted by Crippen LogP contribution is -2.41. The van der Waals surface area contributed by atoms with E-state index in [2.05, 4.69) is 15.6 Å². The molecule has 0 aliphatic heterocycles. The molecule has 0 radical (unpaired) electrons. The Hall–Kier alpha value is -1.91. The van der Waals surface area contributed by atoms with Crippen molar-refractivity contribution < 1.29 is 9.47 Å². The van der Waals surface area contributed by atoms with Gasteiger partial charge in [0.2, 0.25) is 0 Å². The van der Waals surface area contributed by atoms with Crippen LogP contribution < -0.4 is 20.1 Å². The van der Waals surface area contributed by atoms with Crippen LogP contribution in [0.15, 0.2) is 23.2 Å². The lowest BCUT2D eigenvalue weighted by atomic mass is 10.2. The normalized spacial score (nSPS) is 15.7. The summed E-state index contributed by atoms with van der Waals surface area (Å²) in [7, 11) is 3.47. The maximum atomic E-state index is 5.54. The Morgan fingerprint density at radius 2 is 2.05 bits per heavy atom. The molecule has 0 unspecified atom stereocenters. The largest absolute Gasteiger partial charge is 0.493 e. The first-order valence-electron chi connectivity index (χ1n) is 8.03. The molecule has 1 aliphatic carbocycles. The highest BCUT2D eigenvalue weighted by atomic mass is 16.5. The molecule has 2 N–H and O–H groups in total. The van der Waals surface area contributed by atoms with Gasteiger partial charge in [-0.2, -0.15) is 0 Å². The molecule has 0 atom stereocenters. The third-order valence-corrected chi connectivity index (χ3v) is 3.91. The van der Waals surface area contributed by atoms with E-state index >= 15 is 0 Å². The van der Waals surface area contributed by atoms with Crippen molar-refractivity contribution in [3.05, 3.63) is 23.8 Å². The maximum absolute atomic E-state index is 5.54. The summed E-state index contributed by atoms with van der Waals surface area (Å²) in [4.78, 5) is 4.29. The molecule has 5 nitrogen and oxygen atoms in total. The Morgan fingerprint density at radius 1 is 1.27 bits per heavy atom. The molecule has 2 rings (SSSR count). The predicted molar refractivity (Wildman–Crippen MR) is 89.8 cm³/mol. The van der Waals surface area contributed by atoms with E-state index in [9.17, 15) is 0 Å². The van der Waals surface area contributed by atoms with Gasteiger partial charge < -0.3 is 20.1 Å². The maximum Gasteiger partial charge on any atom is 0.191 e. The van der Waals surface area contributed by atoms with Crippen LogP contribution in [-0.4, -0.2) is 32.8 Å². The minimum Gasteiger partial charge on any atom is -0.493 e. The molecule has 0 spiro atoms. The van der Waals surface area contributed by atoms with Crippen molar-refractivity contribution in [1.29, 1.82) is 0 Å². The van der Waals surface area contributed by atoms with Crippen molar-refractivity contribution in [1.82, 2.24) is 10.6 Å². The summed E-state index contributed by atoms with van der Waals surface area (Å²) in [5.41, 5.74) is 1.13. The van der Waals surface area contributed by atoms with Gasteiger partial charge in [-0.1, -0.05) is 18.9 Å². The van der Waals surface area contributed by atoms with Gasteiger partial charge in [0, 0.05) is 19.6 Å². The molecule has 1 saturated carbocycles. The lowest BCUT2D eigenvalue weighted by molar-refractivity contribution is 0.310. The monoisotopic (exact) mass is 305 g/mol. The van der Waals surface area contributed by atoms with E-state index in [0.29, 0.717) is 19.2 Å². The number of rotatable bonds is 6. The Bertz CT molecular complexity index is 497. The highest BCUT2D eigenvalue weighted by Crippen LogP contribution is 2.27. The number of methoxy groups -OCH3 is 1. The molecule has 1 aromatic rings. The van der Waals surface area contributed by atoms with E-state index in [1.807, 2.05) is 32.2 Å². The second kappa shape index (κ2) is 8.51. The van der Waals surface area contributed by atoms with Crippen LogP contribution in [0.1, 0.15) is 38.2 Å². The molecule has 0 saturated heterocycles. The van der Waals surface area contributed by atoms with Crippen LogP contribution >= 0.6 is 0 Å². The van der Waals surface area contributed by atoms with Crippen LogP contribution in [0.5, 0.6) is 11.5 Å². The number of benzene rings is 1. The number of hydrogen-bond donors (Lipinski definition) is 2. The summed E-state index contributed by atoms with van der Waals surface area (Å²) in [6.07, 6.45) is 5.09. The first-order chi connectivity index (χ1) is 10.8. The average Bonchev–Trinajstić information content (AvgIpc) is 3.05. The van der Waals surface area contributed by atoms with E-state index in [4.69, 9.17) is 9.47 Å². The zero-order chi connectivity index (χ0) is 15.8. The molecule has 5 heteroatoms. The quantitative estimate of drug-likeness (QED) is 0.627. The molecule has 0 heterocycles. The van der Waals surface area contributed by atoms with Crippen LogP contribution in [0.3, 0.4) is 0 Å². The Kier molecular flexibility index (Phi) is 6.37. The highest BCUT2D eigenvalue weighted by molar-refractivity contribution is 5.80. The van der Waals surface area contributed by atoms with Crippen molar-refractivity contribution in [2.75, 3.05) is 20.8 Å². The molecule has 22 heavy (non-hydrogen) atoms. The SMILES string of the molecule is CCOc1ccc(CNC(=NC)NC2CCCC2)cc1OC. The number of nitrogens with zero attached hydrogens (tertiary/aromatic N) is 1. The molecule has 122 valence electrons. The Balaban J connectivity index is 1.91. The topological polar surface area (TPSA) is 54.9 Å². The fraction of sp³-hybridized carbons (Fsp3) is 0.588. The van der Waals surface area contributed by atoms with E-state index in [1.54, 1.807) is 7.11 Å². The highest BCUT2D eigenvalue weighted by Gasteiger charge is 2.15. The van der Waals surface area contributed by atoms with Gasteiger partial charge in [-0.05, 0) is 37.5 Å². The number of nitrogens with one attached hydrogen (secondary N) is 2. The van der Waals surface area contributed by atoms with Crippen molar-refractivity contribution >= 4 is 5.96 Å². The predicted octanol–water partition coefficient (Wildman–Crippen LogP) is 2.70. The molecule has 0 aromatic heterocycles. The third-order valence-electron chi connectivity index (χ3n) is 3.91. The van der Waals surface area contributed by atoms with Crippen LogP contribution in [0.4, 0.5) is 0 Å². The third kappa shape index (κ3) is 4.55. The van der Waals surface area contributed by atoms with E-state index in [-0.39, 0.29) is 0 Å². The number of ether oxygens (including phenoxy) is 2. The molecule has 0 amide bonds. The van der Waals surface area contributed by atoms with Crippen molar-refractivity contribution in [2.24, 2.45) is 4.99 Å². The number of guanidine groups is 1. The van der Waals surface area contributed by atoms with Crippen molar-refractivity contribution in [3.8, 4) is 11.5 Å². The van der Waals surface area contributed by atoms with Crippen LogP contribution in [-0.2, 0) is 6.54 Å². The summed E-state index contributed by atoms with van der Waals surface area (Å²) in [6, 6.07) is 6.55. The molecule has 0 bridgehead atoms. The van der Waals surface area contributed by atoms with Crippen LogP contribution in [0.25, 0.3) is 0 Å². The van der Waals surface area contributed by atoms with E-state index < -0.39 is 0 Å². The molecule has 1 aromatic carbocycles. The fourth-order valence-electron chi connectivity index (χ4n) is 2.74. The molecule has 1 aliphatic rings. The summed E-state index contributed by atoms with van der Waals surface area (Å²) < 4.78 is 10.9. The summed E-state index contributed by atoms with van der Waals surface area (Å²) in [5.74, 6) is 2.40. The standard InChI is InChI=1S/C17H27N3O2/c1-4-22-15-10-9-13(11-16(15)21-3)12-19-17(18-2)20-14-7-5-6-8-14/h9-11,14H,4-8,12H2,1-3H3,(H2,18,19,20). The Morgan fingerprint density at radius 3 is 2.68 bits per heavy atom. The zero-order valence-corrected chi connectivity index (χ0v) is 13.8. The number of aliphatic imine (C=N–C) groups is 1. The summed E-state index contributed by atoms with van der Waals surface area (Å²) in [6.45, 7) is 3.30. The zero-order valence-electron chi connectivity index (χ0n) is 13.8. The van der Waals surface area contributed by atoms with Gasteiger partial charge in [-0.25, -0.2) is 0 Å². The van der Waals surface area contributed by atoms with E-state index in [0.717, 1.165) is 23.0 Å². The molecular formula is C17H27N3O2. The van der Waals surface area contributed by atoms with Crippen LogP contribution in [0, 0.1) is 0 Å². The first-order valence-corrected chi connectivity index (χ1v) is 8.03. The first kappa shape index (κ1) is 16.5. The Labute approximate surface area is 133 Å². The average molecular weight is 305 g/mol. The van der Waals surface area contributed by atoms with E-state index in [1.165, 1.54) is 25.7 Å². The van der Waals surface area contributed by atoms with Gasteiger partial charge in [-0.15, -0.1) is 0 Å². The van der Waals surface area contributed by atoms with Gasteiger partial charge >= 0.3 is 0 Å². The van der Waals surface area contributed by atoms with Crippen molar-refractivity contribution in [2.45, 2.75) is 45.2 Å². The molecule has 1 fully saturated rings. The second-order valence-corrected chi connectivity index (χ2v) is 5.47. The minimum absolute atomic E-state index is 0.557. The minimum atomic E-state index is 0.557.